The Morgan fingerprint density at radius 2 is 1.28 bits per heavy atom. The van der Waals surface area contributed by atoms with Crippen molar-refractivity contribution in [1.29, 1.82) is 0 Å². The van der Waals surface area contributed by atoms with Gasteiger partial charge in [0.1, 0.15) is 0 Å². The lowest BCUT2D eigenvalue weighted by Crippen LogP contribution is -2.20. The minimum atomic E-state index is 0.252. The summed E-state index contributed by atoms with van der Waals surface area (Å²) in [5, 5.41) is 0. The summed E-state index contributed by atoms with van der Waals surface area (Å²) in [4.78, 5) is 12.4. The first-order valence-electron chi connectivity index (χ1n) is 12.9. The summed E-state index contributed by atoms with van der Waals surface area (Å²) >= 11 is 0. The van der Waals surface area contributed by atoms with Crippen LogP contribution >= 0.6 is 0 Å². The SMILES string of the molecule is CC1=C(CC[C@@H](C)CCC[C@@H](C)CC[C@@H](C)CCCCC(C)C)C(=O)[C@@H](C)CC1. The van der Waals surface area contributed by atoms with Crippen molar-refractivity contribution in [3.05, 3.63) is 11.1 Å². The summed E-state index contributed by atoms with van der Waals surface area (Å²) in [7, 11) is 0. The van der Waals surface area contributed by atoms with Gasteiger partial charge >= 0.3 is 0 Å². The Hall–Kier alpha value is -0.590. The number of allylic oxidation sites excluding steroid dienone is 2. The monoisotopic (exact) mass is 404 g/mol. The number of Topliss-reactive ketones (excluding diaryl/α,β-unsaturated/α-hetero) is 1. The third-order valence-electron chi connectivity index (χ3n) is 7.37. The van der Waals surface area contributed by atoms with Crippen molar-refractivity contribution in [3.8, 4) is 0 Å². The van der Waals surface area contributed by atoms with E-state index in [1.165, 1.54) is 75.4 Å². The molecule has 0 fully saturated rings. The molecule has 29 heavy (non-hydrogen) atoms. The fraction of sp³-hybridized carbons (Fsp3) is 0.893. The van der Waals surface area contributed by atoms with Crippen LogP contribution in [0.15, 0.2) is 11.1 Å². The Labute approximate surface area is 183 Å². The standard InChI is InChI=1S/C28H52O/c1-21(2)11-8-9-12-22(3)15-16-23(4)13-10-14-24(5)17-20-27-25(6)18-19-26(7)28(27)29/h21-24,26H,8-20H2,1-7H3/t22-,23+,24-,26-/m0/s1. The molecule has 0 amide bonds. The highest BCUT2D eigenvalue weighted by Crippen LogP contribution is 2.30. The van der Waals surface area contributed by atoms with E-state index >= 15 is 0 Å². The number of rotatable bonds is 15. The molecule has 0 aromatic rings. The zero-order chi connectivity index (χ0) is 21.8. The summed E-state index contributed by atoms with van der Waals surface area (Å²) < 4.78 is 0. The number of ketones is 1. The molecule has 0 radical (unpaired) electrons. The highest BCUT2D eigenvalue weighted by molar-refractivity contribution is 5.98. The van der Waals surface area contributed by atoms with Crippen LogP contribution in [-0.2, 0) is 4.79 Å². The zero-order valence-corrected chi connectivity index (χ0v) is 21.0. The zero-order valence-electron chi connectivity index (χ0n) is 21.0. The van der Waals surface area contributed by atoms with E-state index in [0.717, 1.165) is 42.9 Å². The number of carbonyl (C=O) groups excluding carboxylic acids is 1. The highest BCUT2D eigenvalue weighted by atomic mass is 16.1. The maximum absolute atomic E-state index is 12.4. The summed E-state index contributed by atoms with van der Waals surface area (Å²) in [5.74, 6) is 4.06. The van der Waals surface area contributed by atoms with Gasteiger partial charge in [0.2, 0.25) is 0 Å². The van der Waals surface area contributed by atoms with Gasteiger partial charge in [-0.25, -0.2) is 0 Å². The molecule has 1 aliphatic carbocycles. The molecular formula is C28H52O. The predicted octanol–water partition coefficient (Wildman–Crippen LogP) is 9.16. The minimum absolute atomic E-state index is 0.252. The van der Waals surface area contributed by atoms with Crippen molar-refractivity contribution < 1.29 is 4.79 Å². The molecule has 0 heterocycles. The molecule has 0 aliphatic heterocycles. The van der Waals surface area contributed by atoms with E-state index < -0.39 is 0 Å². The van der Waals surface area contributed by atoms with Crippen LogP contribution in [0.1, 0.15) is 132 Å². The summed E-state index contributed by atoms with van der Waals surface area (Å²) in [6.07, 6.45) is 16.9. The fourth-order valence-corrected chi connectivity index (χ4v) is 4.81. The molecule has 0 bridgehead atoms. The Kier molecular flexibility index (Phi) is 13.2. The van der Waals surface area contributed by atoms with Crippen LogP contribution in [0.25, 0.3) is 0 Å². The molecule has 170 valence electrons. The van der Waals surface area contributed by atoms with Crippen LogP contribution in [0.2, 0.25) is 0 Å². The molecule has 0 aromatic carbocycles. The largest absolute Gasteiger partial charge is 0.294 e. The van der Waals surface area contributed by atoms with Crippen LogP contribution in [0.4, 0.5) is 0 Å². The number of hydrogen-bond acceptors (Lipinski definition) is 1. The van der Waals surface area contributed by atoms with E-state index in [1.54, 1.807) is 0 Å². The van der Waals surface area contributed by atoms with Crippen molar-refractivity contribution in [2.75, 3.05) is 0 Å². The van der Waals surface area contributed by atoms with Crippen molar-refractivity contribution in [2.24, 2.45) is 29.6 Å². The van der Waals surface area contributed by atoms with Gasteiger partial charge in [0.05, 0.1) is 0 Å². The van der Waals surface area contributed by atoms with Crippen molar-refractivity contribution in [2.45, 2.75) is 132 Å². The van der Waals surface area contributed by atoms with E-state index in [-0.39, 0.29) is 5.92 Å². The molecule has 1 aliphatic rings. The first-order chi connectivity index (χ1) is 13.7. The lowest BCUT2D eigenvalue weighted by molar-refractivity contribution is -0.119. The van der Waals surface area contributed by atoms with Crippen LogP contribution in [0.5, 0.6) is 0 Å². The van der Waals surface area contributed by atoms with Gasteiger partial charge < -0.3 is 0 Å². The summed E-state index contributed by atoms with van der Waals surface area (Å²) in [5.41, 5.74) is 2.54. The Morgan fingerprint density at radius 1 is 0.759 bits per heavy atom. The number of carbonyl (C=O) groups is 1. The Morgan fingerprint density at radius 3 is 1.86 bits per heavy atom. The maximum Gasteiger partial charge on any atom is 0.161 e. The van der Waals surface area contributed by atoms with Crippen LogP contribution in [-0.4, -0.2) is 5.78 Å². The topological polar surface area (TPSA) is 17.1 Å². The lowest BCUT2D eigenvalue weighted by atomic mass is 9.81. The second-order valence-corrected chi connectivity index (χ2v) is 11.1. The van der Waals surface area contributed by atoms with Gasteiger partial charge in [0.15, 0.2) is 5.78 Å². The highest BCUT2D eigenvalue weighted by Gasteiger charge is 2.24. The smallest absolute Gasteiger partial charge is 0.161 e. The van der Waals surface area contributed by atoms with Gasteiger partial charge in [0, 0.05) is 5.92 Å². The van der Waals surface area contributed by atoms with Gasteiger partial charge in [-0.2, -0.15) is 0 Å². The fourth-order valence-electron chi connectivity index (χ4n) is 4.81. The van der Waals surface area contributed by atoms with E-state index in [1.807, 2.05) is 0 Å². The predicted molar refractivity (Wildman–Crippen MR) is 129 cm³/mol. The molecule has 0 spiro atoms. The second kappa shape index (κ2) is 14.4. The van der Waals surface area contributed by atoms with Crippen LogP contribution < -0.4 is 0 Å². The van der Waals surface area contributed by atoms with E-state index in [2.05, 4.69) is 48.5 Å². The lowest BCUT2D eigenvalue weighted by Gasteiger charge is -2.23. The van der Waals surface area contributed by atoms with Crippen molar-refractivity contribution >= 4 is 5.78 Å². The number of hydrogen-bond donors (Lipinski definition) is 0. The molecule has 0 saturated heterocycles. The molecule has 4 atom stereocenters. The average molecular weight is 405 g/mol. The summed E-state index contributed by atoms with van der Waals surface area (Å²) in [6, 6.07) is 0. The first-order valence-corrected chi connectivity index (χ1v) is 12.9. The molecule has 0 saturated carbocycles. The number of unbranched alkanes of at least 4 members (excludes halogenated alkanes) is 1. The van der Waals surface area contributed by atoms with Crippen LogP contribution in [0, 0.1) is 29.6 Å². The van der Waals surface area contributed by atoms with Gasteiger partial charge in [-0.3, -0.25) is 4.79 Å². The first kappa shape index (κ1) is 26.4. The quantitative estimate of drug-likeness (QED) is 0.249. The second-order valence-electron chi connectivity index (χ2n) is 11.1. The van der Waals surface area contributed by atoms with Crippen LogP contribution in [0.3, 0.4) is 0 Å². The minimum Gasteiger partial charge on any atom is -0.294 e. The maximum atomic E-state index is 12.4. The van der Waals surface area contributed by atoms with E-state index in [9.17, 15) is 4.79 Å². The van der Waals surface area contributed by atoms with Gasteiger partial charge in [-0.05, 0) is 61.9 Å². The molecule has 1 rings (SSSR count). The molecule has 0 unspecified atom stereocenters. The molecule has 0 aromatic heterocycles. The van der Waals surface area contributed by atoms with Gasteiger partial charge in [-0.1, -0.05) is 105 Å². The van der Waals surface area contributed by atoms with E-state index in [0.29, 0.717) is 5.78 Å². The normalized spacial score (nSPS) is 21.0. The van der Waals surface area contributed by atoms with Crippen molar-refractivity contribution in [3.63, 3.8) is 0 Å². The molecule has 1 heteroatoms. The molecule has 0 N–H and O–H groups in total. The Balaban J connectivity index is 2.12. The Bertz CT molecular complexity index is 487. The van der Waals surface area contributed by atoms with Gasteiger partial charge in [0.25, 0.3) is 0 Å². The summed E-state index contributed by atoms with van der Waals surface area (Å²) in [6.45, 7) is 16.2. The van der Waals surface area contributed by atoms with E-state index in [4.69, 9.17) is 0 Å². The third kappa shape index (κ3) is 11.4. The third-order valence-corrected chi connectivity index (χ3v) is 7.37. The molecular weight excluding hydrogens is 352 g/mol. The van der Waals surface area contributed by atoms with Crippen molar-refractivity contribution in [1.82, 2.24) is 0 Å². The molecule has 1 nitrogen and oxygen atoms in total. The van der Waals surface area contributed by atoms with Gasteiger partial charge in [-0.15, -0.1) is 0 Å². The average Bonchev–Trinajstić information content (AvgIpc) is 2.66.